The molecule has 3 rings (SSSR count). The Kier molecular flexibility index (Phi) is 6.89. The Bertz CT molecular complexity index is 1000. The molecule has 180 valence electrons. The maximum atomic E-state index is 13.0. The highest BCUT2D eigenvalue weighted by Gasteiger charge is 2.37. The number of halogens is 6. The van der Waals surface area contributed by atoms with Gasteiger partial charge in [0.25, 0.3) is 0 Å². The van der Waals surface area contributed by atoms with Crippen LogP contribution < -0.4 is 5.32 Å². The van der Waals surface area contributed by atoms with Crippen LogP contribution in [0.15, 0.2) is 24.3 Å². The SMILES string of the molecule is CCOC(=O)c1cc2n(n1)CCCN(C(=O)NCc1cc(C(F)(F)F)cc(C(F)(F)F)c1)C2. The summed E-state index contributed by atoms with van der Waals surface area (Å²) in [7, 11) is 0. The van der Waals surface area contributed by atoms with Gasteiger partial charge in [-0.15, -0.1) is 0 Å². The number of ether oxygens (including phenoxy) is 1. The van der Waals surface area contributed by atoms with Gasteiger partial charge in [0.1, 0.15) is 0 Å². The first-order valence-corrected chi connectivity index (χ1v) is 9.93. The molecule has 1 aromatic heterocycles. The summed E-state index contributed by atoms with van der Waals surface area (Å²) in [5.74, 6) is -0.612. The zero-order chi connectivity index (χ0) is 24.4. The summed E-state index contributed by atoms with van der Waals surface area (Å²) in [6.45, 7) is 2.03. The number of hydrogen-bond donors (Lipinski definition) is 1. The third-order valence-corrected chi connectivity index (χ3v) is 4.88. The second-order valence-electron chi connectivity index (χ2n) is 7.31. The number of benzene rings is 1. The Morgan fingerprint density at radius 2 is 1.67 bits per heavy atom. The Balaban J connectivity index is 1.72. The maximum Gasteiger partial charge on any atom is 0.416 e. The number of aryl methyl sites for hydroxylation is 1. The van der Waals surface area contributed by atoms with Crippen molar-refractivity contribution in [1.82, 2.24) is 20.0 Å². The molecule has 0 unspecified atom stereocenters. The molecule has 1 N–H and O–H groups in total. The van der Waals surface area contributed by atoms with Gasteiger partial charge in [0, 0.05) is 19.6 Å². The Labute approximate surface area is 184 Å². The van der Waals surface area contributed by atoms with E-state index < -0.39 is 42.0 Å². The van der Waals surface area contributed by atoms with Crippen molar-refractivity contribution >= 4 is 12.0 Å². The van der Waals surface area contributed by atoms with E-state index in [1.54, 1.807) is 11.6 Å². The molecule has 2 amide bonds. The number of alkyl halides is 6. The summed E-state index contributed by atoms with van der Waals surface area (Å²) >= 11 is 0. The van der Waals surface area contributed by atoms with Crippen LogP contribution in [0.4, 0.5) is 31.1 Å². The van der Waals surface area contributed by atoms with Crippen LogP contribution in [-0.4, -0.2) is 39.8 Å². The first-order chi connectivity index (χ1) is 15.4. The minimum absolute atomic E-state index is 0.0302. The second kappa shape index (κ2) is 9.32. The lowest BCUT2D eigenvalue weighted by Gasteiger charge is -2.21. The fourth-order valence-electron chi connectivity index (χ4n) is 3.35. The standard InChI is InChI=1S/C20H20F6N4O3/c1-2-33-17(31)16-9-15-11-29(4-3-5-30(15)28-16)18(32)27-10-12-6-13(19(21,22)23)8-14(7-12)20(24,25)26/h6-9H,2-5,10-11H2,1H3,(H,27,32). The van der Waals surface area contributed by atoms with E-state index in [4.69, 9.17) is 4.74 Å². The fourth-order valence-corrected chi connectivity index (χ4v) is 3.35. The van der Waals surface area contributed by atoms with Crippen LogP contribution in [0.25, 0.3) is 0 Å². The van der Waals surface area contributed by atoms with Gasteiger partial charge in [0.2, 0.25) is 0 Å². The molecule has 2 aromatic rings. The molecule has 0 spiro atoms. The summed E-state index contributed by atoms with van der Waals surface area (Å²) in [4.78, 5) is 25.8. The van der Waals surface area contributed by atoms with Gasteiger partial charge in [-0.05, 0) is 43.2 Å². The van der Waals surface area contributed by atoms with E-state index in [1.807, 2.05) is 0 Å². The lowest BCUT2D eigenvalue weighted by Crippen LogP contribution is -2.39. The van der Waals surface area contributed by atoms with Crippen LogP contribution in [0.1, 0.15) is 46.2 Å². The highest BCUT2D eigenvalue weighted by atomic mass is 19.4. The number of fused-ring (bicyclic) bond motifs is 1. The predicted molar refractivity (Wildman–Crippen MR) is 102 cm³/mol. The highest BCUT2D eigenvalue weighted by molar-refractivity contribution is 5.87. The van der Waals surface area contributed by atoms with Gasteiger partial charge in [0.05, 0.1) is 30.0 Å². The minimum Gasteiger partial charge on any atom is -0.461 e. The van der Waals surface area contributed by atoms with Crippen molar-refractivity contribution in [3.63, 3.8) is 0 Å². The van der Waals surface area contributed by atoms with Crippen molar-refractivity contribution in [3.05, 3.63) is 52.3 Å². The minimum atomic E-state index is -4.97. The van der Waals surface area contributed by atoms with E-state index in [0.717, 1.165) is 0 Å². The predicted octanol–water partition coefficient (Wildman–Crippen LogP) is 4.21. The summed E-state index contributed by atoms with van der Waals surface area (Å²) < 4.78 is 84.5. The van der Waals surface area contributed by atoms with Crippen LogP contribution in [0, 0.1) is 0 Å². The molecule has 0 aliphatic carbocycles. The lowest BCUT2D eigenvalue weighted by molar-refractivity contribution is -0.143. The Hall–Kier alpha value is -3.25. The number of nitrogens with zero attached hydrogens (tertiary/aromatic N) is 3. The largest absolute Gasteiger partial charge is 0.461 e. The molecular weight excluding hydrogens is 458 g/mol. The van der Waals surface area contributed by atoms with Gasteiger partial charge in [0.15, 0.2) is 5.69 Å². The first-order valence-electron chi connectivity index (χ1n) is 9.93. The van der Waals surface area contributed by atoms with Crippen molar-refractivity contribution in [2.75, 3.05) is 13.2 Å². The van der Waals surface area contributed by atoms with Gasteiger partial charge in [-0.2, -0.15) is 31.4 Å². The van der Waals surface area contributed by atoms with E-state index in [2.05, 4.69) is 10.4 Å². The summed E-state index contributed by atoms with van der Waals surface area (Å²) in [5, 5.41) is 6.52. The van der Waals surface area contributed by atoms with Crippen molar-refractivity contribution in [1.29, 1.82) is 0 Å². The van der Waals surface area contributed by atoms with E-state index in [0.29, 0.717) is 30.8 Å². The van der Waals surface area contributed by atoms with Crippen LogP contribution in [0.3, 0.4) is 0 Å². The van der Waals surface area contributed by atoms with Gasteiger partial charge >= 0.3 is 24.4 Å². The molecule has 0 atom stereocenters. The normalized spacial score (nSPS) is 14.5. The number of amides is 2. The number of hydrogen-bond acceptors (Lipinski definition) is 4. The van der Waals surface area contributed by atoms with E-state index in [9.17, 15) is 35.9 Å². The number of aromatic nitrogens is 2. The van der Waals surface area contributed by atoms with Gasteiger partial charge < -0.3 is 15.0 Å². The molecular formula is C20H20F6N4O3. The molecule has 1 aliphatic heterocycles. The quantitative estimate of drug-likeness (QED) is 0.528. The number of carbonyl (C=O) groups is 2. The number of carbonyl (C=O) groups excluding carboxylic acids is 2. The van der Waals surface area contributed by atoms with Gasteiger partial charge in [-0.25, -0.2) is 9.59 Å². The van der Waals surface area contributed by atoms with Gasteiger partial charge in [-0.1, -0.05) is 0 Å². The van der Waals surface area contributed by atoms with E-state index in [-0.39, 0.29) is 37.0 Å². The van der Waals surface area contributed by atoms with Crippen LogP contribution in [-0.2, 0) is 36.7 Å². The Morgan fingerprint density at radius 3 is 2.24 bits per heavy atom. The Morgan fingerprint density at radius 1 is 1.03 bits per heavy atom. The number of urea groups is 1. The van der Waals surface area contributed by atoms with Crippen LogP contribution in [0.2, 0.25) is 0 Å². The molecule has 0 radical (unpaired) electrons. The molecule has 1 aromatic carbocycles. The third-order valence-electron chi connectivity index (χ3n) is 4.88. The molecule has 0 saturated carbocycles. The monoisotopic (exact) mass is 478 g/mol. The first kappa shape index (κ1) is 24.4. The van der Waals surface area contributed by atoms with Crippen molar-refractivity contribution in [2.24, 2.45) is 0 Å². The molecule has 0 saturated heterocycles. The van der Waals surface area contributed by atoms with Crippen molar-refractivity contribution in [3.8, 4) is 0 Å². The fraction of sp³-hybridized carbons (Fsp3) is 0.450. The maximum absolute atomic E-state index is 13.0. The molecule has 0 bridgehead atoms. The summed E-state index contributed by atoms with van der Waals surface area (Å²) in [6.07, 6.45) is -9.47. The van der Waals surface area contributed by atoms with Gasteiger partial charge in [-0.3, -0.25) is 4.68 Å². The second-order valence-corrected chi connectivity index (χ2v) is 7.31. The highest BCUT2D eigenvalue weighted by Crippen LogP contribution is 2.36. The zero-order valence-corrected chi connectivity index (χ0v) is 17.4. The average Bonchev–Trinajstić information content (AvgIpc) is 3.02. The molecule has 33 heavy (non-hydrogen) atoms. The molecule has 7 nitrogen and oxygen atoms in total. The zero-order valence-electron chi connectivity index (χ0n) is 17.4. The van der Waals surface area contributed by atoms with Crippen molar-refractivity contribution in [2.45, 2.75) is 45.3 Å². The summed E-state index contributed by atoms with van der Waals surface area (Å²) in [6, 6.07) is 1.97. The molecule has 0 fully saturated rings. The molecule has 1 aliphatic rings. The van der Waals surface area contributed by atoms with E-state index >= 15 is 0 Å². The lowest BCUT2D eigenvalue weighted by atomic mass is 10.0. The average molecular weight is 478 g/mol. The smallest absolute Gasteiger partial charge is 0.416 e. The number of rotatable bonds is 4. The van der Waals surface area contributed by atoms with E-state index in [1.165, 1.54) is 11.0 Å². The van der Waals surface area contributed by atoms with Crippen LogP contribution >= 0.6 is 0 Å². The number of nitrogens with one attached hydrogen (secondary N) is 1. The molecule has 2 heterocycles. The molecule has 13 heteroatoms. The van der Waals surface area contributed by atoms with Crippen molar-refractivity contribution < 1.29 is 40.7 Å². The summed E-state index contributed by atoms with van der Waals surface area (Å²) in [5.41, 5.74) is -2.62. The third kappa shape index (κ3) is 5.96. The van der Waals surface area contributed by atoms with Crippen LogP contribution in [0.5, 0.6) is 0 Å². The number of esters is 1. The topological polar surface area (TPSA) is 76.5 Å².